The second-order valence-electron chi connectivity index (χ2n) is 3.07. The van der Waals surface area contributed by atoms with Crippen molar-refractivity contribution in [1.29, 1.82) is 0 Å². The van der Waals surface area contributed by atoms with E-state index in [-0.39, 0.29) is 0 Å². The van der Waals surface area contributed by atoms with Crippen molar-refractivity contribution in [1.82, 2.24) is 4.90 Å². The number of hydrogen-bond acceptors (Lipinski definition) is 1. The maximum atomic E-state index is 11.2. The number of likely N-dealkylation sites (tertiary alicyclic amines) is 1. The average Bonchev–Trinajstić information content (AvgIpc) is 1.88. The lowest BCUT2D eigenvalue weighted by molar-refractivity contribution is -0.134. The summed E-state index contributed by atoms with van der Waals surface area (Å²) >= 11 is 0. The van der Waals surface area contributed by atoms with Crippen LogP contribution in [0.2, 0.25) is 0 Å². The van der Waals surface area contributed by atoms with Gasteiger partial charge in [-0.1, -0.05) is 6.92 Å². The normalized spacial score (nSPS) is 27.2. The lowest BCUT2D eigenvalue weighted by Crippen LogP contribution is -2.37. The molecular formula is C8H15NO. The van der Waals surface area contributed by atoms with Gasteiger partial charge in [0, 0.05) is 19.5 Å². The van der Waals surface area contributed by atoms with Crippen LogP contribution < -0.4 is 0 Å². The molecule has 0 aliphatic carbocycles. The van der Waals surface area contributed by atoms with Crippen LogP contribution in [0.5, 0.6) is 0 Å². The van der Waals surface area contributed by atoms with E-state index in [0.717, 1.165) is 19.5 Å². The van der Waals surface area contributed by atoms with Gasteiger partial charge >= 0.3 is 0 Å². The second-order valence-corrected chi connectivity index (χ2v) is 3.07. The van der Waals surface area contributed by atoms with Crippen LogP contribution in [-0.4, -0.2) is 23.9 Å². The zero-order valence-electron chi connectivity index (χ0n) is 6.76. The molecule has 2 nitrogen and oxygen atoms in total. The summed E-state index contributed by atoms with van der Waals surface area (Å²) in [5.41, 5.74) is 0. The Balaban J connectivity index is 2.43. The molecule has 0 aromatic heterocycles. The van der Waals surface area contributed by atoms with Gasteiger partial charge in [-0.15, -0.1) is 0 Å². The summed E-state index contributed by atoms with van der Waals surface area (Å²) in [7, 11) is 0. The molecule has 10 heavy (non-hydrogen) atoms. The maximum absolute atomic E-state index is 11.2. The Bertz CT molecular complexity index is 133. The van der Waals surface area contributed by atoms with Crippen LogP contribution in [0.1, 0.15) is 26.7 Å². The highest BCUT2D eigenvalue weighted by molar-refractivity contribution is 5.77. The first-order valence-electron chi connectivity index (χ1n) is 4.01. The molecule has 0 N–H and O–H groups in total. The van der Waals surface area contributed by atoms with Gasteiger partial charge in [0.1, 0.15) is 0 Å². The zero-order valence-corrected chi connectivity index (χ0v) is 6.76. The van der Waals surface area contributed by atoms with Crippen LogP contribution in [0.4, 0.5) is 0 Å². The number of nitrogens with zero attached hydrogens (tertiary/aromatic N) is 1. The zero-order chi connectivity index (χ0) is 7.56. The molecule has 0 spiro atoms. The fourth-order valence-corrected chi connectivity index (χ4v) is 1.36. The Morgan fingerprint density at radius 3 is 2.90 bits per heavy atom. The summed E-state index contributed by atoms with van der Waals surface area (Å²) in [5.74, 6) is 0.941. The van der Waals surface area contributed by atoms with Crippen molar-refractivity contribution >= 4 is 5.91 Å². The lowest BCUT2D eigenvalue weighted by atomic mass is 9.99. The van der Waals surface area contributed by atoms with Crippen LogP contribution in [-0.2, 0) is 4.79 Å². The Morgan fingerprint density at radius 1 is 1.70 bits per heavy atom. The van der Waals surface area contributed by atoms with Crippen molar-refractivity contribution in [2.24, 2.45) is 5.92 Å². The minimum absolute atomic E-state index is 0.334. The first-order chi connectivity index (χ1) is 4.74. The van der Waals surface area contributed by atoms with E-state index in [2.05, 4.69) is 6.92 Å². The van der Waals surface area contributed by atoms with E-state index < -0.39 is 0 Å². The molecular weight excluding hydrogens is 126 g/mol. The average molecular weight is 141 g/mol. The quantitative estimate of drug-likeness (QED) is 0.538. The smallest absolute Gasteiger partial charge is 0.222 e. The molecule has 0 radical (unpaired) electrons. The summed E-state index contributed by atoms with van der Waals surface area (Å²) in [6, 6.07) is 0. The molecule has 0 aromatic carbocycles. The molecule has 0 saturated carbocycles. The van der Waals surface area contributed by atoms with Crippen molar-refractivity contribution in [3.63, 3.8) is 0 Å². The summed E-state index contributed by atoms with van der Waals surface area (Å²) in [5, 5.41) is 0. The topological polar surface area (TPSA) is 20.3 Å². The first-order valence-corrected chi connectivity index (χ1v) is 4.01. The van der Waals surface area contributed by atoms with E-state index in [9.17, 15) is 4.79 Å². The van der Waals surface area contributed by atoms with E-state index in [0.29, 0.717) is 11.8 Å². The number of carbonyl (C=O) groups excluding carboxylic acids is 1. The van der Waals surface area contributed by atoms with Gasteiger partial charge in [0.05, 0.1) is 0 Å². The maximum Gasteiger partial charge on any atom is 0.222 e. The monoisotopic (exact) mass is 141 g/mol. The lowest BCUT2D eigenvalue weighted by Gasteiger charge is -2.28. The molecule has 1 heterocycles. The minimum Gasteiger partial charge on any atom is -0.343 e. The van der Waals surface area contributed by atoms with E-state index in [4.69, 9.17) is 0 Å². The van der Waals surface area contributed by atoms with Crippen molar-refractivity contribution in [3.8, 4) is 0 Å². The van der Waals surface area contributed by atoms with Crippen LogP contribution in [0, 0.1) is 5.92 Å². The van der Waals surface area contributed by atoms with Crippen molar-refractivity contribution in [2.75, 3.05) is 13.1 Å². The molecule has 1 unspecified atom stereocenters. The second kappa shape index (κ2) is 3.04. The SMILES string of the molecule is CCN1CCC(C)CC1=O. The molecule has 2 heteroatoms. The molecule has 1 fully saturated rings. The molecule has 1 saturated heterocycles. The largest absolute Gasteiger partial charge is 0.343 e. The van der Waals surface area contributed by atoms with Crippen molar-refractivity contribution < 1.29 is 4.79 Å². The van der Waals surface area contributed by atoms with E-state index in [1.807, 2.05) is 11.8 Å². The van der Waals surface area contributed by atoms with Crippen molar-refractivity contribution in [2.45, 2.75) is 26.7 Å². The summed E-state index contributed by atoms with van der Waals surface area (Å²) in [6.45, 7) is 6.03. The third kappa shape index (κ3) is 1.49. The van der Waals surface area contributed by atoms with Gasteiger partial charge in [0.2, 0.25) is 5.91 Å². The molecule has 0 bridgehead atoms. The fourth-order valence-electron chi connectivity index (χ4n) is 1.36. The van der Waals surface area contributed by atoms with Gasteiger partial charge in [0.25, 0.3) is 0 Å². The standard InChI is InChI=1S/C8H15NO/c1-3-9-5-4-7(2)6-8(9)10/h7H,3-6H2,1-2H3. The third-order valence-electron chi connectivity index (χ3n) is 2.15. The summed E-state index contributed by atoms with van der Waals surface area (Å²) in [4.78, 5) is 13.1. The van der Waals surface area contributed by atoms with Gasteiger partial charge in [-0.25, -0.2) is 0 Å². The number of carbonyl (C=O) groups is 1. The fraction of sp³-hybridized carbons (Fsp3) is 0.875. The van der Waals surface area contributed by atoms with E-state index in [1.165, 1.54) is 6.42 Å². The van der Waals surface area contributed by atoms with E-state index in [1.54, 1.807) is 0 Å². The predicted molar refractivity (Wildman–Crippen MR) is 40.7 cm³/mol. The molecule has 1 amide bonds. The minimum atomic E-state index is 0.334. The molecule has 1 aliphatic rings. The Morgan fingerprint density at radius 2 is 2.40 bits per heavy atom. The highest BCUT2D eigenvalue weighted by Gasteiger charge is 2.20. The number of hydrogen-bond donors (Lipinski definition) is 0. The predicted octanol–water partition coefficient (Wildman–Crippen LogP) is 1.26. The highest BCUT2D eigenvalue weighted by Crippen LogP contribution is 2.16. The Hall–Kier alpha value is -0.530. The Kier molecular flexibility index (Phi) is 2.30. The van der Waals surface area contributed by atoms with Crippen LogP contribution >= 0.6 is 0 Å². The first kappa shape index (κ1) is 7.58. The van der Waals surface area contributed by atoms with Gasteiger partial charge in [-0.2, -0.15) is 0 Å². The third-order valence-corrected chi connectivity index (χ3v) is 2.15. The summed E-state index contributed by atoms with van der Waals surface area (Å²) < 4.78 is 0. The van der Waals surface area contributed by atoms with Crippen LogP contribution in [0.25, 0.3) is 0 Å². The van der Waals surface area contributed by atoms with Gasteiger partial charge in [0.15, 0.2) is 0 Å². The molecule has 58 valence electrons. The summed E-state index contributed by atoms with van der Waals surface area (Å²) in [6.07, 6.45) is 1.94. The molecule has 0 aromatic rings. The molecule has 1 atom stereocenters. The number of amides is 1. The number of rotatable bonds is 1. The van der Waals surface area contributed by atoms with Crippen LogP contribution in [0.3, 0.4) is 0 Å². The van der Waals surface area contributed by atoms with Gasteiger partial charge in [-0.05, 0) is 19.3 Å². The number of piperidine rings is 1. The van der Waals surface area contributed by atoms with E-state index >= 15 is 0 Å². The highest BCUT2D eigenvalue weighted by atomic mass is 16.2. The molecule has 1 rings (SSSR count). The Labute approximate surface area is 62.2 Å². The molecule has 1 aliphatic heterocycles. The van der Waals surface area contributed by atoms with Gasteiger partial charge < -0.3 is 4.90 Å². The van der Waals surface area contributed by atoms with Gasteiger partial charge in [-0.3, -0.25) is 4.79 Å². The van der Waals surface area contributed by atoms with Crippen molar-refractivity contribution in [3.05, 3.63) is 0 Å². The van der Waals surface area contributed by atoms with Crippen LogP contribution in [0.15, 0.2) is 0 Å².